The molecule has 3 aromatic rings. The van der Waals surface area contributed by atoms with Crippen LogP contribution in [-0.4, -0.2) is 22.0 Å². The van der Waals surface area contributed by atoms with Crippen molar-refractivity contribution in [3.05, 3.63) is 70.7 Å². The molecular formula is C19H16N2O4S. The van der Waals surface area contributed by atoms with E-state index >= 15 is 0 Å². The molecule has 0 bridgehead atoms. The number of carbonyl (C=O) groups is 2. The molecule has 0 radical (unpaired) electrons. The minimum absolute atomic E-state index is 0.0490. The van der Waals surface area contributed by atoms with Crippen molar-refractivity contribution in [3.8, 4) is 11.5 Å². The highest BCUT2D eigenvalue weighted by Crippen LogP contribution is 2.25. The number of thiazole rings is 1. The van der Waals surface area contributed by atoms with Gasteiger partial charge in [-0.1, -0.05) is 18.2 Å². The van der Waals surface area contributed by atoms with E-state index in [9.17, 15) is 9.59 Å². The molecule has 2 N–H and O–H groups in total. The molecule has 1 heterocycles. The molecule has 0 saturated heterocycles. The fourth-order valence-electron chi connectivity index (χ4n) is 2.18. The van der Waals surface area contributed by atoms with Crippen LogP contribution in [0.4, 0.5) is 5.69 Å². The number of nitrogens with zero attached hydrogens (tertiary/aromatic N) is 1. The number of aromatic carboxylic acids is 1. The number of carboxylic acid groups (broad SMARTS) is 1. The molecule has 7 heteroatoms. The summed E-state index contributed by atoms with van der Waals surface area (Å²) in [5.41, 5.74) is 0.573. The van der Waals surface area contributed by atoms with Crippen LogP contribution in [0.5, 0.6) is 11.5 Å². The molecular weight excluding hydrogens is 352 g/mol. The second-order valence-electron chi connectivity index (χ2n) is 5.53. The first-order chi connectivity index (χ1) is 12.5. The second kappa shape index (κ2) is 7.79. The van der Waals surface area contributed by atoms with Crippen LogP contribution in [0, 0.1) is 0 Å². The summed E-state index contributed by atoms with van der Waals surface area (Å²) >= 11 is 1.16. The van der Waals surface area contributed by atoms with Crippen LogP contribution in [0.25, 0.3) is 0 Å². The SMILES string of the molecule is CC(C(=O)Nc1ccc(Oc2ccccc2)cc1)c1nc(C(=O)O)cs1. The number of amides is 1. The second-order valence-corrected chi connectivity index (χ2v) is 6.42. The zero-order valence-corrected chi connectivity index (χ0v) is 14.7. The molecule has 0 fully saturated rings. The Morgan fingerprint density at radius 3 is 2.35 bits per heavy atom. The number of hydrogen-bond acceptors (Lipinski definition) is 5. The Kier molecular flexibility index (Phi) is 5.28. The van der Waals surface area contributed by atoms with E-state index in [2.05, 4.69) is 10.3 Å². The summed E-state index contributed by atoms with van der Waals surface area (Å²) in [6.45, 7) is 1.69. The van der Waals surface area contributed by atoms with Gasteiger partial charge in [0.2, 0.25) is 5.91 Å². The normalized spacial score (nSPS) is 11.6. The maximum Gasteiger partial charge on any atom is 0.355 e. The lowest BCUT2D eigenvalue weighted by Gasteiger charge is -2.11. The van der Waals surface area contributed by atoms with Gasteiger partial charge in [0.1, 0.15) is 16.5 Å². The Labute approximate surface area is 154 Å². The largest absolute Gasteiger partial charge is 0.476 e. The highest BCUT2D eigenvalue weighted by molar-refractivity contribution is 7.10. The first-order valence-electron chi connectivity index (χ1n) is 7.85. The monoisotopic (exact) mass is 368 g/mol. The van der Waals surface area contributed by atoms with E-state index in [0.717, 1.165) is 17.1 Å². The summed E-state index contributed by atoms with van der Waals surface area (Å²) in [4.78, 5) is 27.2. The molecule has 0 aliphatic heterocycles. The number of ether oxygens (including phenoxy) is 1. The first-order valence-corrected chi connectivity index (χ1v) is 8.73. The van der Waals surface area contributed by atoms with Crippen molar-refractivity contribution in [2.45, 2.75) is 12.8 Å². The van der Waals surface area contributed by atoms with Gasteiger partial charge in [0, 0.05) is 11.1 Å². The topological polar surface area (TPSA) is 88.5 Å². The number of anilines is 1. The van der Waals surface area contributed by atoms with Gasteiger partial charge in [-0.05, 0) is 43.3 Å². The van der Waals surface area contributed by atoms with Gasteiger partial charge in [-0.25, -0.2) is 9.78 Å². The molecule has 1 unspecified atom stereocenters. The number of rotatable bonds is 6. The molecule has 0 saturated carbocycles. The van der Waals surface area contributed by atoms with Crippen molar-refractivity contribution < 1.29 is 19.4 Å². The van der Waals surface area contributed by atoms with Crippen LogP contribution in [-0.2, 0) is 4.79 Å². The fraction of sp³-hybridized carbons (Fsp3) is 0.105. The predicted molar refractivity (Wildman–Crippen MR) is 99.1 cm³/mol. The van der Waals surface area contributed by atoms with E-state index in [-0.39, 0.29) is 11.6 Å². The molecule has 132 valence electrons. The first kappa shape index (κ1) is 17.6. The number of carboxylic acids is 1. The van der Waals surface area contributed by atoms with Gasteiger partial charge in [0.15, 0.2) is 5.69 Å². The molecule has 6 nitrogen and oxygen atoms in total. The van der Waals surface area contributed by atoms with E-state index in [1.807, 2.05) is 30.3 Å². The third-order valence-electron chi connectivity index (χ3n) is 3.61. The molecule has 26 heavy (non-hydrogen) atoms. The maximum absolute atomic E-state index is 12.3. The van der Waals surface area contributed by atoms with Gasteiger partial charge in [-0.3, -0.25) is 4.79 Å². The maximum atomic E-state index is 12.3. The average Bonchev–Trinajstić information content (AvgIpc) is 3.14. The number of aromatic nitrogens is 1. The fourth-order valence-corrected chi connectivity index (χ4v) is 3.03. The summed E-state index contributed by atoms with van der Waals surface area (Å²) in [7, 11) is 0. The Bertz CT molecular complexity index is 907. The van der Waals surface area contributed by atoms with Crippen molar-refractivity contribution in [2.24, 2.45) is 0 Å². The molecule has 0 aliphatic rings. The lowest BCUT2D eigenvalue weighted by atomic mass is 10.1. The van der Waals surface area contributed by atoms with Crippen LogP contribution in [0.3, 0.4) is 0 Å². The highest BCUT2D eigenvalue weighted by atomic mass is 32.1. The zero-order valence-electron chi connectivity index (χ0n) is 13.9. The molecule has 1 aromatic heterocycles. The standard InChI is InChI=1S/C19H16N2O4S/c1-12(18-21-16(11-26-18)19(23)24)17(22)20-13-7-9-15(10-8-13)25-14-5-3-2-4-6-14/h2-12H,1H3,(H,20,22)(H,23,24). The van der Waals surface area contributed by atoms with Crippen molar-refractivity contribution in [1.82, 2.24) is 4.98 Å². The molecule has 0 aliphatic carbocycles. The third-order valence-corrected chi connectivity index (χ3v) is 4.63. The van der Waals surface area contributed by atoms with Crippen LogP contribution < -0.4 is 10.1 Å². The van der Waals surface area contributed by atoms with Crippen molar-refractivity contribution in [3.63, 3.8) is 0 Å². The number of carbonyl (C=O) groups excluding carboxylic acids is 1. The van der Waals surface area contributed by atoms with Crippen LogP contribution in [0.1, 0.15) is 28.3 Å². The summed E-state index contributed by atoms with van der Waals surface area (Å²) in [6, 6.07) is 16.4. The van der Waals surface area contributed by atoms with Crippen LogP contribution >= 0.6 is 11.3 Å². The lowest BCUT2D eigenvalue weighted by Crippen LogP contribution is -2.18. The zero-order chi connectivity index (χ0) is 18.5. The van der Waals surface area contributed by atoms with Gasteiger partial charge in [-0.2, -0.15) is 0 Å². The number of nitrogens with one attached hydrogen (secondary N) is 1. The summed E-state index contributed by atoms with van der Waals surface area (Å²) < 4.78 is 5.70. The molecule has 1 amide bonds. The van der Waals surface area contributed by atoms with Crippen molar-refractivity contribution in [1.29, 1.82) is 0 Å². The van der Waals surface area contributed by atoms with Gasteiger partial charge in [0.05, 0.1) is 5.92 Å². The minimum Gasteiger partial charge on any atom is -0.476 e. The number of para-hydroxylation sites is 1. The Balaban J connectivity index is 1.62. The molecule has 0 spiro atoms. The van der Waals surface area contributed by atoms with E-state index < -0.39 is 11.9 Å². The van der Waals surface area contributed by atoms with Gasteiger partial charge >= 0.3 is 5.97 Å². The quantitative estimate of drug-likeness (QED) is 0.674. The molecule has 1 atom stereocenters. The van der Waals surface area contributed by atoms with E-state index in [1.54, 1.807) is 31.2 Å². The van der Waals surface area contributed by atoms with E-state index in [1.165, 1.54) is 5.38 Å². The van der Waals surface area contributed by atoms with Crippen LogP contribution in [0.15, 0.2) is 60.0 Å². The minimum atomic E-state index is -1.10. The predicted octanol–water partition coefficient (Wildman–Crippen LogP) is 4.38. The summed E-state index contributed by atoms with van der Waals surface area (Å²) in [5.74, 6) is -0.514. The van der Waals surface area contributed by atoms with Crippen molar-refractivity contribution in [2.75, 3.05) is 5.32 Å². The molecule has 3 rings (SSSR count). The summed E-state index contributed by atoms with van der Waals surface area (Å²) in [6.07, 6.45) is 0. The number of benzene rings is 2. The van der Waals surface area contributed by atoms with Gasteiger partial charge < -0.3 is 15.2 Å². The number of hydrogen-bond donors (Lipinski definition) is 2. The van der Waals surface area contributed by atoms with E-state index in [0.29, 0.717) is 16.4 Å². The van der Waals surface area contributed by atoms with Gasteiger partial charge in [-0.15, -0.1) is 11.3 Å². The average molecular weight is 368 g/mol. The van der Waals surface area contributed by atoms with E-state index in [4.69, 9.17) is 9.84 Å². The van der Waals surface area contributed by atoms with Gasteiger partial charge in [0.25, 0.3) is 0 Å². The lowest BCUT2D eigenvalue weighted by molar-refractivity contribution is -0.117. The summed E-state index contributed by atoms with van der Waals surface area (Å²) in [5, 5.41) is 13.6. The highest BCUT2D eigenvalue weighted by Gasteiger charge is 2.20. The Morgan fingerprint density at radius 1 is 1.08 bits per heavy atom. The molecule has 2 aromatic carbocycles. The van der Waals surface area contributed by atoms with Crippen molar-refractivity contribution >= 4 is 28.9 Å². The third kappa shape index (κ3) is 4.25. The Morgan fingerprint density at radius 2 is 1.73 bits per heavy atom. The Hall–Kier alpha value is -3.19. The van der Waals surface area contributed by atoms with Crippen LogP contribution in [0.2, 0.25) is 0 Å². The smallest absolute Gasteiger partial charge is 0.355 e.